The molecule has 0 spiro atoms. The molecule has 0 radical (unpaired) electrons. The second-order valence-corrected chi connectivity index (χ2v) is 8.58. The highest BCUT2D eigenvalue weighted by molar-refractivity contribution is 7.99. The average molecular weight is 465 g/mol. The van der Waals surface area contributed by atoms with E-state index in [4.69, 9.17) is 9.57 Å². The van der Waals surface area contributed by atoms with E-state index in [0.29, 0.717) is 30.8 Å². The van der Waals surface area contributed by atoms with Gasteiger partial charge >= 0.3 is 5.97 Å². The molecule has 0 unspecified atom stereocenters. The molecule has 2 rings (SSSR count). The molecular formula is C23H32N2O6S. The molecular weight excluding hydrogens is 432 g/mol. The van der Waals surface area contributed by atoms with E-state index in [9.17, 15) is 19.8 Å². The Kier molecular flexibility index (Phi) is 10.9. The molecule has 0 bridgehead atoms. The lowest BCUT2D eigenvalue weighted by atomic mass is 10.00. The van der Waals surface area contributed by atoms with Gasteiger partial charge in [0, 0.05) is 37.1 Å². The van der Waals surface area contributed by atoms with Crippen LogP contribution in [0.1, 0.15) is 49.0 Å². The molecule has 0 aromatic heterocycles. The largest absolute Gasteiger partial charge is 0.508 e. The number of hydrogen-bond donors (Lipinski definition) is 2. The van der Waals surface area contributed by atoms with Crippen LogP contribution in [0.25, 0.3) is 0 Å². The summed E-state index contributed by atoms with van der Waals surface area (Å²) in [5.74, 6) is 0.494. The number of carbonyl (C=O) groups is 2. The van der Waals surface area contributed by atoms with E-state index in [1.54, 1.807) is 11.0 Å². The van der Waals surface area contributed by atoms with Crippen molar-refractivity contribution in [3.05, 3.63) is 35.4 Å². The van der Waals surface area contributed by atoms with Crippen molar-refractivity contribution < 1.29 is 29.4 Å². The van der Waals surface area contributed by atoms with Crippen molar-refractivity contribution in [2.24, 2.45) is 5.16 Å². The van der Waals surface area contributed by atoms with Gasteiger partial charge in [0.25, 0.3) is 5.91 Å². The average Bonchev–Trinajstić information content (AvgIpc) is 2.77. The molecule has 1 aromatic carbocycles. The van der Waals surface area contributed by atoms with Gasteiger partial charge in [0.05, 0.1) is 12.3 Å². The van der Waals surface area contributed by atoms with Crippen LogP contribution in [0, 0.1) is 0 Å². The summed E-state index contributed by atoms with van der Waals surface area (Å²) in [6, 6.07) is 2.49. The number of benzene rings is 1. The first-order valence-electron chi connectivity index (χ1n) is 10.9. The molecule has 1 saturated heterocycles. The Labute approximate surface area is 193 Å². The summed E-state index contributed by atoms with van der Waals surface area (Å²) in [4.78, 5) is 31.9. The van der Waals surface area contributed by atoms with E-state index in [-0.39, 0.29) is 42.6 Å². The van der Waals surface area contributed by atoms with E-state index in [2.05, 4.69) is 5.16 Å². The molecule has 8 nitrogen and oxygen atoms in total. The van der Waals surface area contributed by atoms with Crippen molar-refractivity contribution in [2.75, 3.05) is 37.8 Å². The number of thioether (sulfide) groups is 1. The van der Waals surface area contributed by atoms with E-state index in [1.165, 1.54) is 6.07 Å². The normalized spacial score (nSPS) is 14.6. The number of allylic oxidation sites excluding steroid dienone is 2. The minimum atomic E-state index is -0.671. The first-order chi connectivity index (χ1) is 15.5. The van der Waals surface area contributed by atoms with Gasteiger partial charge in [-0.3, -0.25) is 4.79 Å². The quantitative estimate of drug-likeness (QED) is 0.293. The zero-order valence-corrected chi connectivity index (χ0v) is 19.5. The highest BCUT2D eigenvalue weighted by Crippen LogP contribution is 2.29. The van der Waals surface area contributed by atoms with Gasteiger partial charge in [-0.1, -0.05) is 31.5 Å². The van der Waals surface area contributed by atoms with Crippen molar-refractivity contribution in [3.63, 3.8) is 0 Å². The fourth-order valence-corrected chi connectivity index (χ4v) is 3.99. The number of oxime groups is 1. The second-order valence-electron chi connectivity index (χ2n) is 7.35. The van der Waals surface area contributed by atoms with Crippen molar-refractivity contribution in [1.29, 1.82) is 0 Å². The van der Waals surface area contributed by atoms with Gasteiger partial charge in [0.15, 0.2) is 6.61 Å². The van der Waals surface area contributed by atoms with Crippen molar-refractivity contribution in [3.8, 4) is 11.5 Å². The number of carbonyl (C=O) groups excluding carboxylic acids is 2. The topological polar surface area (TPSA) is 109 Å². The number of aromatic hydroxyl groups is 2. The lowest BCUT2D eigenvalue weighted by Gasteiger charge is -2.25. The zero-order valence-electron chi connectivity index (χ0n) is 18.7. The Morgan fingerprint density at radius 3 is 2.62 bits per heavy atom. The SMILES string of the molecule is CCC/C=C/C(Cc1cc(O)cc(O)c1C(=O)OCCC)=N/OCC(=O)N1CCSCC1. The molecule has 1 aliphatic heterocycles. The van der Waals surface area contributed by atoms with Gasteiger partial charge in [-0.15, -0.1) is 0 Å². The molecule has 2 N–H and O–H groups in total. The number of nitrogens with zero attached hydrogens (tertiary/aromatic N) is 2. The van der Waals surface area contributed by atoms with Crippen LogP contribution in [0.3, 0.4) is 0 Å². The Hall–Kier alpha value is -2.68. The number of rotatable bonds is 11. The van der Waals surface area contributed by atoms with Crippen LogP contribution in [0.2, 0.25) is 0 Å². The number of unbranched alkanes of at least 4 members (excludes halogenated alkanes) is 1. The first-order valence-corrected chi connectivity index (χ1v) is 12.0. The molecule has 1 aromatic rings. The van der Waals surface area contributed by atoms with Gasteiger partial charge in [-0.2, -0.15) is 11.8 Å². The van der Waals surface area contributed by atoms with Gasteiger partial charge in [0.1, 0.15) is 17.1 Å². The van der Waals surface area contributed by atoms with Gasteiger partial charge < -0.3 is 24.7 Å². The molecule has 1 fully saturated rings. The third-order valence-corrected chi connectivity index (χ3v) is 5.64. The second kappa shape index (κ2) is 13.7. The number of amides is 1. The fraction of sp³-hybridized carbons (Fsp3) is 0.522. The van der Waals surface area contributed by atoms with Crippen molar-refractivity contribution in [1.82, 2.24) is 4.90 Å². The summed E-state index contributed by atoms with van der Waals surface area (Å²) < 4.78 is 5.18. The Balaban J connectivity index is 2.19. The molecule has 1 heterocycles. The van der Waals surface area contributed by atoms with Crippen LogP contribution in [0.5, 0.6) is 11.5 Å². The lowest BCUT2D eigenvalue weighted by molar-refractivity contribution is -0.135. The number of esters is 1. The molecule has 0 atom stereocenters. The summed E-state index contributed by atoms with van der Waals surface area (Å²) >= 11 is 1.82. The summed E-state index contributed by atoms with van der Waals surface area (Å²) in [5.41, 5.74) is 0.788. The zero-order chi connectivity index (χ0) is 23.3. The number of ether oxygens (including phenoxy) is 1. The summed E-state index contributed by atoms with van der Waals surface area (Å²) in [6.45, 7) is 5.36. The molecule has 0 saturated carbocycles. The number of hydrogen-bond acceptors (Lipinski definition) is 8. The number of phenols is 2. The predicted molar refractivity (Wildman–Crippen MR) is 125 cm³/mol. The summed E-state index contributed by atoms with van der Waals surface area (Å²) in [5, 5.41) is 24.3. The highest BCUT2D eigenvalue weighted by Gasteiger charge is 2.21. The van der Waals surface area contributed by atoms with Crippen LogP contribution >= 0.6 is 11.8 Å². The van der Waals surface area contributed by atoms with Gasteiger partial charge in [0.2, 0.25) is 0 Å². The number of phenolic OH excluding ortho intramolecular Hbond substituents is 2. The van der Waals surface area contributed by atoms with Crippen molar-refractivity contribution >= 4 is 29.4 Å². The summed E-state index contributed by atoms with van der Waals surface area (Å²) in [7, 11) is 0. The molecule has 9 heteroatoms. The van der Waals surface area contributed by atoms with Crippen LogP contribution < -0.4 is 0 Å². The maximum atomic E-state index is 12.5. The minimum absolute atomic E-state index is 0.0188. The van der Waals surface area contributed by atoms with E-state index in [0.717, 1.165) is 30.4 Å². The van der Waals surface area contributed by atoms with Gasteiger partial charge in [-0.25, -0.2) is 4.79 Å². The molecule has 1 amide bonds. The molecule has 176 valence electrons. The highest BCUT2D eigenvalue weighted by atomic mass is 32.2. The molecule has 1 aliphatic rings. The predicted octanol–water partition coefficient (Wildman–Crippen LogP) is 3.51. The fourth-order valence-electron chi connectivity index (χ4n) is 3.09. The third-order valence-electron chi connectivity index (χ3n) is 4.70. The maximum absolute atomic E-state index is 12.5. The van der Waals surface area contributed by atoms with Crippen LogP contribution in [-0.4, -0.2) is 70.5 Å². The van der Waals surface area contributed by atoms with E-state index in [1.807, 2.05) is 31.7 Å². The van der Waals surface area contributed by atoms with Crippen LogP contribution in [0.15, 0.2) is 29.4 Å². The van der Waals surface area contributed by atoms with Crippen molar-refractivity contribution in [2.45, 2.75) is 39.5 Å². The van der Waals surface area contributed by atoms with E-state index >= 15 is 0 Å². The maximum Gasteiger partial charge on any atom is 0.342 e. The summed E-state index contributed by atoms with van der Waals surface area (Å²) in [6.07, 6.45) is 6.19. The first kappa shape index (κ1) is 25.6. The molecule has 32 heavy (non-hydrogen) atoms. The Bertz CT molecular complexity index is 834. The monoisotopic (exact) mass is 464 g/mol. The lowest BCUT2D eigenvalue weighted by Crippen LogP contribution is -2.39. The molecule has 0 aliphatic carbocycles. The smallest absolute Gasteiger partial charge is 0.342 e. The minimum Gasteiger partial charge on any atom is -0.508 e. The van der Waals surface area contributed by atoms with Crippen LogP contribution in [-0.2, 0) is 20.8 Å². The Morgan fingerprint density at radius 2 is 1.94 bits per heavy atom. The van der Waals surface area contributed by atoms with E-state index < -0.39 is 5.97 Å². The van der Waals surface area contributed by atoms with Crippen LogP contribution in [0.4, 0.5) is 0 Å². The third kappa shape index (κ3) is 8.11. The Morgan fingerprint density at radius 1 is 1.19 bits per heavy atom. The van der Waals surface area contributed by atoms with Gasteiger partial charge in [-0.05, 0) is 30.5 Å². The standard InChI is InChI=1S/C23H32N2O6S/c1-3-5-6-7-18(24-31-16-21(28)25-8-11-32-12-9-25)13-17-14-19(26)15-20(27)22(17)23(29)30-10-4-2/h6-7,14-15,26-27H,3-5,8-13,16H2,1-2H3/b7-6+,24-18-.